The topological polar surface area (TPSA) is 57.9 Å². The fraction of sp³-hybridized carbons (Fsp3) is 0.941. The number of hydrogen-bond acceptors (Lipinski definition) is 3. The predicted molar refractivity (Wildman–Crippen MR) is 92.1 cm³/mol. The zero-order valence-electron chi connectivity index (χ0n) is 14.4. The van der Waals surface area contributed by atoms with Gasteiger partial charge in [0.25, 0.3) is 0 Å². The third-order valence-electron chi connectivity index (χ3n) is 3.52. The molecule has 0 aliphatic carbocycles. The summed E-state index contributed by atoms with van der Waals surface area (Å²) in [4.78, 5) is 0. The number of hydrogen-bond donors (Lipinski definition) is 0. The van der Waals surface area contributed by atoms with E-state index in [4.69, 9.17) is 5.26 Å². The van der Waals surface area contributed by atoms with E-state index in [0.717, 1.165) is 12.8 Å². The van der Waals surface area contributed by atoms with E-state index in [1.165, 1.54) is 57.8 Å². The minimum absolute atomic E-state index is 0.267. The van der Waals surface area contributed by atoms with Gasteiger partial charge >= 0.3 is 0 Å². The molecule has 0 fully saturated rings. The molecule has 0 N–H and O–H groups in total. The Kier molecular flexibility index (Phi) is 18.9. The molecule has 0 spiro atoms. The van der Waals surface area contributed by atoms with Crippen LogP contribution in [0.1, 0.15) is 91.4 Å². The van der Waals surface area contributed by atoms with Crippen LogP contribution in [0, 0.1) is 11.3 Å². The summed E-state index contributed by atoms with van der Waals surface area (Å²) in [7, 11) is -2.66. The molecule has 4 heteroatoms. The molecule has 0 aliphatic heterocycles. The van der Waals surface area contributed by atoms with Crippen LogP contribution in [-0.2, 0) is 9.84 Å². The smallest absolute Gasteiger partial charge is 0.149 e. The minimum Gasteiger partial charge on any atom is -0.229 e. The van der Waals surface area contributed by atoms with Gasteiger partial charge in [0, 0.05) is 17.9 Å². The van der Waals surface area contributed by atoms with Gasteiger partial charge in [0.15, 0.2) is 0 Å². The summed E-state index contributed by atoms with van der Waals surface area (Å²) in [5.41, 5.74) is 0. The Morgan fingerprint density at radius 3 is 1.38 bits per heavy atom. The SMILES string of the molecule is CCCCCCCCCCCCC#N.CCS(=O)(=O)CC. The van der Waals surface area contributed by atoms with Gasteiger partial charge in [-0.3, -0.25) is 0 Å². The highest BCUT2D eigenvalue weighted by Gasteiger charge is 1.99. The normalized spacial score (nSPS) is 10.6. The molecule has 0 saturated heterocycles. The van der Waals surface area contributed by atoms with Gasteiger partial charge in [0.05, 0.1) is 6.07 Å². The number of sulfone groups is 1. The molecule has 21 heavy (non-hydrogen) atoms. The Hall–Kier alpha value is -0.560. The molecular formula is C17H35NO2S. The van der Waals surface area contributed by atoms with Crippen molar-refractivity contribution < 1.29 is 8.42 Å². The predicted octanol–water partition coefficient (Wildman–Crippen LogP) is 5.26. The Morgan fingerprint density at radius 1 is 0.714 bits per heavy atom. The maximum absolute atomic E-state index is 10.4. The Labute approximate surface area is 133 Å². The number of nitrogens with zero attached hydrogens (tertiary/aromatic N) is 1. The third kappa shape index (κ3) is 21.9. The molecule has 3 nitrogen and oxygen atoms in total. The van der Waals surface area contributed by atoms with E-state index in [1.54, 1.807) is 13.8 Å². The molecule has 0 rings (SSSR count). The molecule has 126 valence electrons. The average molecular weight is 318 g/mol. The first-order valence-electron chi connectivity index (χ1n) is 8.61. The minimum atomic E-state index is -2.66. The van der Waals surface area contributed by atoms with Crippen molar-refractivity contribution >= 4 is 9.84 Å². The lowest BCUT2D eigenvalue weighted by atomic mass is 10.1. The highest BCUT2D eigenvalue weighted by molar-refractivity contribution is 7.91. The van der Waals surface area contributed by atoms with Crippen LogP contribution in [0.2, 0.25) is 0 Å². The Bertz CT molecular complexity index is 321. The fourth-order valence-corrected chi connectivity index (χ4v) is 2.30. The summed E-state index contributed by atoms with van der Waals surface area (Å²) in [6.07, 6.45) is 14.2. The maximum atomic E-state index is 10.4. The zero-order valence-corrected chi connectivity index (χ0v) is 15.2. The van der Waals surface area contributed by atoms with E-state index < -0.39 is 9.84 Å². The van der Waals surface area contributed by atoms with Gasteiger partial charge in [0.2, 0.25) is 0 Å². The van der Waals surface area contributed by atoms with Crippen LogP contribution in [0.3, 0.4) is 0 Å². The van der Waals surface area contributed by atoms with Crippen molar-refractivity contribution in [3.63, 3.8) is 0 Å². The fourth-order valence-electron chi connectivity index (χ4n) is 1.90. The molecule has 0 atom stereocenters. The second-order valence-corrected chi connectivity index (χ2v) is 8.05. The van der Waals surface area contributed by atoms with Gasteiger partial charge < -0.3 is 0 Å². The van der Waals surface area contributed by atoms with Crippen LogP contribution >= 0.6 is 0 Å². The first-order valence-corrected chi connectivity index (χ1v) is 10.4. The van der Waals surface area contributed by atoms with E-state index in [0.29, 0.717) is 0 Å². The Morgan fingerprint density at radius 2 is 1.10 bits per heavy atom. The Balaban J connectivity index is 0. The van der Waals surface area contributed by atoms with Gasteiger partial charge in [-0.2, -0.15) is 5.26 Å². The average Bonchev–Trinajstić information content (AvgIpc) is 2.50. The molecule has 0 saturated carbocycles. The number of rotatable bonds is 12. The standard InChI is InChI=1S/C13H25N.C4H10O2S/c1-2-3-4-5-6-7-8-9-10-11-12-13-14;1-3-7(5,6)4-2/h2-12H2,1H3;3-4H2,1-2H3. The van der Waals surface area contributed by atoms with E-state index in [2.05, 4.69) is 13.0 Å². The van der Waals surface area contributed by atoms with Gasteiger partial charge in [-0.05, 0) is 6.42 Å². The van der Waals surface area contributed by atoms with Gasteiger partial charge in [0.1, 0.15) is 9.84 Å². The van der Waals surface area contributed by atoms with E-state index in [1.807, 2.05) is 0 Å². The molecule has 0 radical (unpaired) electrons. The van der Waals surface area contributed by atoms with Crippen LogP contribution < -0.4 is 0 Å². The van der Waals surface area contributed by atoms with E-state index in [9.17, 15) is 8.42 Å². The maximum Gasteiger partial charge on any atom is 0.149 e. The van der Waals surface area contributed by atoms with Gasteiger partial charge in [-0.15, -0.1) is 0 Å². The number of nitriles is 1. The molecule has 0 aromatic rings. The molecular weight excluding hydrogens is 282 g/mol. The summed E-state index contributed by atoms with van der Waals surface area (Å²) >= 11 is 0. The van der Waals surface area contributed by atoms with Crippen LogP contribution in [0.15, 0.2) is 0 Å². The summed E-state index contributed by atoms with van der Waals surface area (Å²) in [5, 5.41) is 8.34. The van der Waals surface area contributed by atoms with E-state index >= 15 is 0 Å². The van der Waals surface area contributed by atoms with E-state index in [-0.39, 0.29) is 11.5 Å². The van der Waals surface area contributed by atoms with Crippen LogP contribution in [0.25, 0.3) is 0 Å². The first-order chi connectivity index (χ1) is 10.0. The van der Waals surface area contributed by atoms with Crippen molar-refractivity contribution in [3.8, 4) is 6.07 Å². The monoisotopic (exact) mass is 317 g/mol. The molecule has 0 heterocycles. The molecule has 0 unspecified atom stereocenters. The number of unbranched alkanes of at least 4 members (excludes halogenated alkanes) is 10. The summed E-state index contributed by atoms with van der Waals surface area (Å²) in [6, 6.07) is 2.19. The summed E-state index contributed by atoms with van der Waals surface area (Å²) < 4.78 is 20.7. The van der Waals surface area contributed by atoms with Crippen molar-refractivity contribution in [2.24, 2.45) is 0 Å². The molecule has 0 aromatic heterocycles. The highest BCUT2D eigenvalue weighted by Crippen LogP contribution is 2.10. The third-order valence-corrected chi connectivity index (χ3v) is 5.28. The van der Waals surface area contributed by atoms with Crippen molar-refractivity contribution in [2.75, 3.05) is 11.5 Å². The van der Waals surface area contributed by atoms with Crippen molar-refractivity contribution in [3.05, 3.63) is 0 Å². The second-order valence-electron chi connectivity index (χ2n) is 5.41. The molecule has 0 aromatic carbocycles. The molecule has 0 bridgehead atoms. The van der Waals surface area contributed by atoms with Crippen LogP contribution in [-0.4, -0.2) is 19.9 Å². The first kappa shape index (κ1) is 22.7. The van der Waals surface area contributed by atoms with Gasteiger partial charge in [-0.25, -0.2) is 8.42 Å². The molecule has 0 aliphatic rings. The molecule has 0 amide bonds. The van der Waals surface area contributed by atoms with Crippen LogP contribution in [0.5, 0.6) is 0 Å². The van der Waals surface area contributed by atoms with Crippen molar-refractivity contribution in [2.45, 2.75) is 91.4 Å². The summed E-state index contributed by atoms with van der Waals surface area (Å²) in [6.45, 7) is 5.56. The lowest BCUT2D eigenvalue weighted by Crippen LogP contribution is -2.04. The van der Waals surface area contributed by atoms with Gasteiger partial charge in [-0.1, -0.05) is 78.6 Å². The lowest BCUT2D eigenvalue weighted by molar-refractivity contribution is 0.558. The quantitative estimate of drug-likeness (QED) is 0.461. The lowest BCUT2D eigenvalue weighted by Gasteiger charge is -2.00. The van der Waals surface area contributed by atoms with Crippen molar-refractivity contribution in [1.82, 2.24) is 0 Å². The summed E-state index contributed by atoms with van der Waals surface area (Å²) in [5.74, 6) is 0.535. The zero-order chi connectivity index (χ0) is 16.4. The van der Waals surface area contributed by atoms with Crippen molar-refractivity contribution in [1.29, 1.82) is 5.26 Å². The van der Waals surface area contributed by atoms with Crippen LogP contribution in [0.4, 0.5) is 0 Å². The second kappa shape index (κ2) is 17.5. The largest absolute Gasteiger partial charge is 0.229 e. The highest BCUT2D eigenvalue weighted by atomic mass is 32.2.